The third-order valence-corrected chi connectivity index (χ3v) is 3.77. The van der Waals surface area contributed by atoms with E-state index < -0.39 is 0 Å². The van der Waals surface area contributed by atoms with Crippen molar-refractivity contribution in [3.8, 4) is 0 Å². The molecule has 0 fully saturated rings. The van der Waals surface area contributed by atoms with Crippen LogP contribution in [0.1, 0.15) is 30.5 Å². The zero-order valence-electron chi connectivity index (χ0n) is 10.6. The van der Waals surface area contributed by atoms with Crippen LogP contribution in [0, 0.1) is 5.82 Å². The molecule has 2 aromatic rings. The summed E-state index contributed by atoms with van der Waals surface area (Å²) >= 11 is 1.66. The molecule has 0 spiro atoms. The van der Waals surface area contributed by atoms with Crippen molar-refractivity contribution in [2.24, 2.45) is 0 Å². The number of halogens is 1. The molecule has 2 rings (SSSR count). The number of nitrogens with zero attached hydrogens (tertiary/aromatic N) is 1. The van der Waals surface area contributed by atoms with Gasteiger partial charge >= 0.3 is 0 Å². The molecule has 2 nitrogen and oxygen atoms in total. The molecule has 0 aliphatic heterocycles. The van der Waals surface area contributed by atoms with Crippen LogP contribution in [0.15, 0.2) is 35.8 Å². The van der Waals surface area contributed by atoms with Gasteiger partial charge in [0.25, 0.3) is 0 Å². The second-order valence-corrected chi connectivity index (χ2v) is 5.42. The van der Waals surface area contributed by atoms with Crippen molar-refractivity contribution in [1.29, 1.82) is 0 Å². The molecule has 18 heavy (non-hydrogen) atoms. The predicted octanol–water partition coefficient (Wildman–Crippen LogP) is 3.56. The van der Waals surface area contributed by atoms with Gasteiger partial charge in [-0.3, -0.25) is 0 Å². The van der Waals surface area contributed by atoms with Gasteiger partial charge in [0.2, 0.25) is 0 Å². The van der Waals surface area contributed by atoms with Crippen LogP contribution in [-0.2, 0) is 6.42 Å². The van der Waals surface area contributed by atoms with E-state index in [1.165, 1.54) is 12.1 Å². The fraction of sp³-hybridized carbons (Fsp3) is 0.357. The van der Waals surface area contributed by atoms with Gasteiger partial charge in [0.15, 0.2) is 0 Å². The first-order chi connectivity index (χ1) is 8.65. The van der Waals surface area contributed by atoms with Crippen LogP contribution in [0.3, 0.4) is 0 Å². The maximum absolute atomic E-state index is 12.8. The lowest BCUT2D eigenvalue weighted by Crippen LogP contribution is -2.30. The Labute approximate surface area is 111 Å². The Kier molecular flexibility index (Phi) is 4.44. The van der Waals surface area contributed by atoms with Gasteiger partial charge in [0.1, 0.15) is 10.8 Å². The summed E-state index contributed by atoms with van der Waals surface area (Å²) in [5.74, 6) is -0.185. The molecular weight excluding hydrogens is 247 g/mol. The molecule has 1 aromatic heterocycles. The highest BCUT2D eigenvalue weighted by Gasteiger charge is 2.11. The fourth-order valence-corrected chi connectivity index (χ4v) is 2.63. The van der Waals surface area contributed by atoms with Crippen LogP contribution < -0.4 is 5.32 Å². The first-order valence-corrected chi connectivity index (χ1v) is 6.93. The average molecular weight is 264 g/mol. The van der Waals surface area contributed by atoms with Gasteiger partial charge in [-0.2, -0.15) is 0 Å². The van der Waals surface area contributed by atoms with Crippen molar-refractivity contribution in [3.05, 3.63) is 52.2 Å². The van der Waals surface area contributed by atoms with Crippen LogP contribution >= 0.6 is 11.3 Å². The van der Waals surface area contributed by atoms with E-state index in [1.54, 1.807) is 11.3 Å². The summed E-state index contributed by atoms with van der Waals surface area (Å²) in [6.07, 6.45) is 2.71. The van der Waals surface area contributed by atoms with Gasteiger partial charge in [-0.1, -0.05) is 12.1 Å². The average Bonchev–Trinajstić information content (AvgIpc) is 2.85. The van der Waals surface area contributed by atoms with E-state index in [0.717, 1.165) is 17.0 Å². The lowest BCUT2D eigenvalue weighted by Gasteiger charge is -2.18. The van der Waals surface area contributed by atoms with Gasteiger partial charge in [-0.05, 0) is 38.0 Å². The number of hydrogen-bond donors (Lipinski definition) is 1. The minimum Gasteiger partial charge on any atom is -0.305 e. The summed E-state index contributed by atoms with van der Waals surface area (Å²) in [5, 5.41) is 6.58. The molecule has 0 bridgehead atoms. The van der Waals surface area contributed by atoms with E-state index in [2.05, 4.69) is 24.1 Å². The van der Waals surface area contributed by atoms with Crippen molar-refractivity contribution in [1.82, 2.24) is 10.3 Å². The molecule has 1 aromatic carbocycles. The highest BCUT2D eigenvalue weighted by atomic mass is 32.1. The molecule has 0 aliphatic rings. The maximum atomic E-state index is 12.8. The summed E-state index contributed by atoms with van der Waals surface area (Å²) in [6.45, 7) is 4.24. The van der Waals surface area contributed by atoms with E-state index in [1.807, 2.05) is 23.7 Å². The van der Waals surface area contributed by atoms with Crippen molar-refractivity contribution >= 4 is 11.3 Å². The zero-order chi connectivity index (χ0) is 13.0. The molecule has 0 amide bonds. The van der Waals surface area contributed by atoms with Gasteiger partial charge in [0.05, 0.1) is 6.04 Å². The largest absolute Gasteiger partial charge is 0.305 e. The normalized spacial score (nSPS) is 14.4. The molecule has 2 atom stereocenters. The second-order valence-electron chi connectivity index (χ2n) is 4.49. The number of hydrogen-bond acceptors (Lipinski definition) is 3. The molecular formula is C14H17FN2S. The number of rotatable bonds is 5. The SMILES string of the molecule is CC(Cc1ccc(F)cc1)NC(C)c1nccs1. The Bertz CT molecular complexity index is 467. The lowest BCUT2D eigenvalue weighted by atomic mass is 10.1. The third-order valence-electron chi connectivity index (χ3n) is 2.81. The number of aromatic nitrogens is 1. The molecule has 0 aliphatic carbocycles. The fourth-order valence-electron chi connectivity index (χ4n) is 1.98. The minimum absolute atomic E-state index is 0.185. The van der Waals surface area contributed by atoms with E-state index in [0.29, 0.717) is 6.04 Å². The smallest absolute Gasteiger partial charge is 0.123 e. The van der Waals surface area contributed by atoms with Gasteiger partial charge < -0.3 is 5.32 Å². The zero-order valence-corrected chi connectivity index (χ0v) is 11.4. The van der Waals surface area contributed by atoms with Gasteiger partial charge in [-0.15, -0.1) is 11.3 Å². The van der Waals surface area contributed by atoms with Gasteiger partial charge in [0, 0.05) is 17.6 Å². The summed E-state index contributed by atoms with van der Waals surface area (Å²) in [5.41, 5.74) is 1.14. The Morgan fingerprint density at radius 1 is 1.28 bits per heavy atom. The molecule has 4 heteroatoms. The summed E-state index contributed by atoms with van der Waals surface area (Å²) < 4.78 is 12.8. The van der Waals surface area contributed by atoms with Crippen LogP contribution in [0.5, 0.6) is 0 Å². The van der Waals surface area contributed by atoms with Crippen LogP contribution in [0.25, 0.3) is 0 Å². The standard InChI is InChI=1S/C14H17FN2S/c1-10(9-12-3-5-13(15)6-4-12)17-11(2)14-16-7-8-18-14/h3-8,10-11,17H,9H2,1-2H3. The van der Waals surface area contributed by atoms with Crippen LogP contribution in [-0.4, -0.2) is 11.0 Å². The summed E-state index contributed by atoms with van der Waals surface area (Å²) in [7, 11) is 0. The summed E-state index contributed by atoms with van der Waals surface area (Å²) in [4.78, 5) is 4.29. The van der Waals surface area contributed by atoms with Crippen LogP contribution in [0.2, 0.25) is 0 Å². The third kappa shape index (κ3) is 3.62. The Balaban J connectivity index is 1.88. The second kappa shape index (κ2) is 6.07. The van der Waals surface area contributed by atoms with E-state index in [4.69, 9.17) is 0 Å². The molecule has 1 heterocycles. The Morgan fingerprint density at radius 3 is 2.61 bits per heavy atom. The van der Waals surface area contributed by atoms with Crippen molar-refractivity contribution in [3.63, 3.8) is 0 Å². The molecule has 0 saturated carbocycles. The monoisotopic (exact) mass is 264 g/mol. The quantitative estimate of drug-likeness (QED) is 0.893. The summed E-state index contributed by atoms with van der Waals surface area (Å²) in [6, 6.07) is 7.26. The lowest BCUT2D eigenvalue weighted by molar-refractivity contribution is 0.475. The molecule has 0 radical (unpaired) electrons. The van der Waals surface area contributed by atoms with E-state index in [9.17, 15) is 4.39 Å². The predicted molar refractivity (Wildman–Crippen MR) is 73.2 cm³/mol. The molecule has 1 N–H and O–H groups in total. The highest BCUT2D eigenvalue weighted by Crippen LogP contribution is 2.16. The Hall–Kier alpha value is -1.26. The molecule has 2 unspecified atom stereocenters. The molecule has 0 saturated heterocycles. The van der Waals surface area contributed by atoms with Crippen molar-refractivity contribution in [2.45, 2.75) is 32.4 Å². The first kappa shape index (κ1) is 13.2. The van der Waals surface area contributed by atoms with Crippen LogP contribution in [0.4, 0.5) is 4.39 Å². The van der Waals surface area contributed by atoms with E-state index >= 15 is 0 Å². The number of nitrogens with one attached hydrogen (secondary N) is 1. The Morgan fingerprint density at radius 2 is 2.00 bits per heavy atom. The first-order valence-electron chi connectivity index (χ1n) is 6.05. The van der Waals surface area contributed by atoms with Gasteiger partial charge in [-0.25, -0.2) is 9.37 Å². The van der Waals surface area contributed by atoms with Crippen molar-refractivity contribution < 1.29 is 4.39 Å². The van der Waals surface area contributed by atoms with Crippen molar-refractivity contribution in [2.75, 3.05) is 0 Å². The number of benzene rings is 1. The topological polar surface area (TPSA) is 24.9 Å². The minimum atomic E-state index is -0.185. The van der Waals surface area contributed by atoms with E-state index in [-0.39, 0.29) is 11.9 Å². The number of thiazole rings is 1. The highest BCUT2D eigenvalue weighted by molar-refractivity contribution is 7.09. The molecule has 96 valence electrons. The maximum Gasteiger partial charge on any atom is 0.123 e.